The van der Waals surface area contributed by atoms with E-state index in [9.17, 15) is 9.18 Å². The Labute approximate surface area is 152 Å². The van der Waals surface area contributed by atoms with Gasteiger partial charge in [-0.15, -0.1) is 0 Å². The van der Waals surface area contributed by atoms with E-state index in [0.717, 1.165) is 16.7 Å². The van der Waals surface area contributed by atoms with E-state index >= 15 is 0 Å². The van der Waals surface area contributed by atoms with E-state index < -0.39 is 5.82 Å². The normalized spacial score (nSPS) is 11.6. The van der Waals surface area contributed by atoms with Crippen LogP contribution in [0.4, 0.5) is 4.39 Å². The zero-order chi connectivity index (χ0) is 18.4. The first-order chi connectivity index (χ1) is 12.6. The SMILES string of the molecule is CC(NC(=O)COc1ccccc1F)c1ccc(-c2ccccc2)cc1. The van der Waals surface area contributed by atoms with Gasteiger partial charge in [0.2, 0.25) is 0 Å². The van der Waals surface area contributed by atoms with E-state index in [4.69, 9.17) is 4.74 Å². The molecule has 0 heterocycles. The summed E-state index contributed by atoms with van der Waals surface area (Å²) in [6.07, 6.45) is 0. The summed E-state index contributed by atoms with van der Waals surface area (Å²) >= 11 is 0. The molecule has 3 nitrogen and oxygen atoms in total. The predicted octanol–water partition coefficient (Wildman–Crippen LogP) is 4.75. The number of carbonyl (C=O) groups excluding carboxylic acids is 1. The maximum absolute atomic E-state index is 13.5. The third-order valence-corrected chi connectivity index (χ3v) is 4.09. The molecule has 0 aliphatic heterocycles. The quantitative estimate of drug-likeness (QED) is 0.697. The highest BCUT2D eigenvalue weighted by atomic mass is 19.1. The maximum atomic E-state index is 13.5. The molecule has 1 amide bonds. The number of hydrogen-bond donors (Lipinski definition) is 1. The Hall–Kier alpha value is -3.14. The molecule has 0 saturated carbocycles. The van der Waals surface area contributed by atoms with Gasteiger partial charge in [-0.1, -0.05) is 66.7 Å². The average molecular weight is 349 g/mol. The lowest BCUT2D eigenvalue weighted by Gasteiger charge is -2.15. The molecule has 3 aromatic rings. The van der Waals surface area contributed by atoms with Crippen LogP contribution in [0.15, 0.2) is 78.9 Å². The van der Waals surface area contributed by atoms with E-state index in [1.165, 1.54) is 12.1 Å². The van der Waals surface area contributed by atoms with Crippen LogP contribution in [0.1, 0.15) is 18.5 Å². The number of hydrogen-bond acceptors (Lipinski definition) is 2. The van der Waals surface area contributed by atoms with Crippen LogP contribution < -0.4 is 10.1 Å². The Morgan fingerprint density at radius 2 is 1.54 bits per heavy atom. The minimum absolute atomic E-state index is 0.0718. The van der Waals surface area contributed by atoms with Crippen LogP contribution in [0.25, 0.3) is 11.1 Å². The van der Waals surface area contributed by atoms with E-state index in [1.807, 2.05) is 49.4 Å². The average Bonchev–Trinajstić information content (AvgIpc) is 2.68. The summed E-state index contributed by atoms with van der Waals surface area (Å²) in [7, 11) is 0. The van der Waals surface area contributed by atoms with E-state index in [-0.39, 0.29) is 24.3 Å². The van der Waals surface area contributed by atoms with Crippen molar-refractivity contribution in [1.29, 1.82) is 0 Å². The van der Waals surface area contributed by atoms with Gasteiger partial charge in [-0.2, -0.15) is 0 Å². The van der Waals surface area contributed by atoms with Crippen molar-refractivity contribution < 1.29 is 13.9 Å². The molecule has 0 fully saturated rings. The molecule has 0 aliphatic rings. The van der Waals surface area contributed by atoms with Crippen LogP contribution in [0.2, 0.25) is 0 Å². The van der Waals surface area contributed by atoms with E-state index in [1.54, 1.807) is 12.1 Å². The van der Waals surface area contributed by atoms with Crippen LogP contribution in [0.3, 0.4) is 0 Å². The van der Waals surface area contributed by atoms with Crippen molar-refractivity contribution in [3.63, 3.8) is 0 Å². The fourth-order valence-corrected chi connectivity index (χ4v) is 2.67. The van der Waals surface area contributed by atoms with Crippen molar-refractivity contribution in [1.82, 2.24) is 5.32 Å². The number of rotatable bonds is 6. The van der Waals surface area contributed by atoms with Gasteiger partial charge in [0.15, 0.2) is 18.2 Å². The minimum atomic E-state index is -0.482. The third kappa shape index (κ3) is 4.48. The molecule has 26 heavy (non-hydrogen) atoms. The lowest BCUT2D eigenvalue weighted by Crippen LogP contribution is -2.31. The van der Waals surface area contributed by atoms with Crippen LogP contribution in [0, 0.1) is 5.82 Å². The van der Waals surface area contributed by atoms with Crippen molar-refractivity contribution in [2.75, 3.05) is 6.61 Å². The Morgan fingerprint density at radius 3 is 2.23 bits per heavy atom. The first kappa shape index (κ1) is 17.7. The van der Waals surface area contributed by atoms with Gasteiger partial charge in [0.25, 0.3) is 5.91 Å². The first-order valence-electron chi connectivity index (χ1n) is 8.45. The number of benzene rings is 3. The van der Waals surface area contributed by atoms with Gasteiger partial charge in [0.05, 0.1) is 6.04 Å². The van der Waals surface area contributed by atoms with Crippen LogP contribution in [-0.2, 0) is 4.79 Å². The molecular formula is C22H20FNO2. The zero-order valence-electron chi connectivity index (χ0n) is 14.5. The molecule has 0 bridgehead atoms. The monoisotopic (exact) mass is 349 g/mol. The van der Waals surface area contributed by atoms with Gasteiger partial charge >= 0.3 is 0 Å². The van der Waals surface area contributed by atoms with Gasteiger partial charge in [-0.05, 0) is 35.7 Å². The van der Waals surface area contributed by atoms with Crippen molar-refractivity contribution in [3.8, 4) is 16.9 Å². The third-order valence-electron chi connectivity index (χ3n) is 4.09. The molecule has 1 N–H and O–H groups in total. The molecule has 3 rings (SSSR count). The molecule has 3 aromatic carbocycles. The largest absolute Gasteiger partial charge is 0.481 e. The number of amides is 1. The van der Waals surface area contributed by atoms with Crippen molar-refractivity contribution in [2.24, 2.45) is 0 Å². The molecule has 0 spiro atoms. The van der Waals surface area contributed by atoms with Gasteiger partial charge in [-0.25, -0.2) is 4.39 Å². The molecule has 0 aliphatic carbocycles. The van der Waals surface area contributed by atoms with Crippen molar-refractivity contribution in [3.05, 3.63) is 90.2 Å². The topological polar surface area (TPSA) is 38.3 Å². The fraction of sp³-hybridized carbons (Fsp3) is 0.136. The zero-order valence-corrected chi connectivity index (χ0v) is 14.5. The van der Waals surface area contributed by atoms with Gasteiger partial charge in [-0.3, -0.25) is 4.79 Å². The van der Waals surface area contributed by atoms with Crippen LogP contribution >= 0.6 is 0 Å². The summed E-state index contributed by atoms with van der Waals surface area (Å²) in [5.74, 6) is -0.708. The Bertz CT molecular complexity index is 863. The summed E-state index contributed by atoms with van der Waals surface area (Å²) in [4.78, 5) is 12.0. The summed E-state index contributed by atoms with van der Waals surface area (Å²) in [5.41, 5.74) is 3.26. The van der Waals surface area contributed by atoms with E-state index in [2.05, 4.69) is 17.4 Å². The summed E-state index contributed by atoms with van der Waals surface area (Å²) < 4.78 is 18.7. The molecule has 0 radical (unpaired) electrons. The van der Waals surface area contributed by atoms with Crippen molar-refractivity contribution in [2.45, 2.75) is 13.0 Å². The van der Waals surface area contributed by atoms with Gasteiger partial charge in [0, 0.05) is 0 Å². The molecule has 1 unspecified atom stereocenters. The second kappa shape index (κ2) is 8.30. The highest BCUT2D eigenvalue weighted by Gasteiger charge is 2.11. The summed E-state index contributed by atoms with van der Waals surface area (Å²) in [5, 5.41) is 2.86. The number of ether oxygens (including phenoxy) is 1. The Morgan fingerprint density at radius 1 is 0.923 bits per heavy atom. The van der Waals surface area contributed by atoms with Crippen LogP contribution in [0.5, 0.6) is 5.75 Å². The lowest BCUT2D eigenvalue weighted by molar-refractivity contribution is -0.123. The summed E-state index contributed by atoms with van der Waals surface area (Å²) in [6.45, 7) is 1.67. The summed E-state index contributed by atoms with van der Waals surface area (Å²) in [6, 6.07) is 24.0. The number of para-hydroxylation sites is 1. The molecule has 0 aromatic heterocycles. The second-order valence-electron chi connectivity index (χ2n) is 6.00. The molecule has 0 saturated heterocycles. The number of carbonyl (C=O) groups is 1. The fourth-order valence-electron chi connectivity index (χ4n) is 2.67. The Balaban J connectivity index is 1.56. The van der Waals surface area contributed by atoms with Crippen LogP contribution in [-0.4, -0.2) is 12.5 Å². The highest BCUT2D eigenvalue weighted by molar-refractivity contribution is 5.78. The molecular weight excluding hydrogens is 329 g/mol. The predicted molar refractivity (Wildman–Crippen MR) is 100 cm³/mol. The molecule has 132 valence electrons. The van der Waals surface area contributed by atoms with Gasteiger partial charge in [0.1, 0.15) is 0 Å². The second-order valence-corrected chi connectivity index (χ2v) is 6.00. The van der Waals surface area contributed by atoms with Crippen molar-refractivity contribution >= 4 is 5.91 Å². The highest BCUT2D eigenvalue weighted by Crippen LogP contribution is 2.22. The lowest BCUT2D eigenvalue weighted by atomic mass is 10.0. The molecule has 4 heteroatoms. The minimum Gasteiger partial charge on any atom is -0.481 e. The maximum Gasteiger partial charge on any atom is 0.258 e. The number of halogens is 1. The Kier molecular flexibility index (Phi) is 5.64. The standard InChI is InChI=1S/C22H20FNO2/c1-16(24-22(25)15-26-21-10-6-5-9-20(21)23)17-11-13-19(14-12-17)18-7-3-2-4-8-18/h2-14,16H,15H2,1H3,(H,24,25). The first-order valence-corrected chi connectivity index (χ1v) is 8.45. The molecule has 1 atom stereocenters. The number of nitrogens with one attached hydrogen (secondary N) is 1. The smallest absolute Gasteiger partial charge is 0.258 e. The van der Waals surface area contributed by atoms with E-state index in [0.29, 0.717) is 0 Å². The van der Waals surface area contributed by atoms with Gasteiger partial charge < -0.3 is 10.1 Å².